The SMILES string of the molecule is Cc1ccc(CNC(=O)c2ccccc2NC(=O)Cc2ccn[nH]2)cc1. The van der Waals surface area contributed by atoms with Gasteiger partial charge in [0.15, 0.2) is 0 Å². The van der Waals surface area contributed by atoms with E-state index in [2.05, 4.69) is 20.8 Å². The van der Waals surface area contributed by atoms with E-state index in [0.29, 0.717) is 23.5 Å². The van der Waals surface area contributed by atoms with Gasteiger partial charge in [-0.1, -0.05) is 42.0 Å². The normalized spacial score (nSPS) is 10.3. The van der Waals surface area contributed by atoms with E-state index in [1.54, 1.807) is 36.5 Å². The number of rotatable bonds is 6. The Balaban J connectivity index is 1.64. The monoisotopic (exact) mass is 348 g/mol. The lowest BCUT2D eigenvalue weighted by Crippen LogP contribution is -2.25. The van der Waals surface area contributed by atoms with Crippen molar-refractivity contribution in [3.63, 3.8) is 0 Å². The van der Waals surface area contributed by atoms with E-state index in [1.807, 2.05) is 31.2 Å². The van der Waals surface area contributed by atoms with E-state index >= 15 is 0 Å². The number of aromatic nitrogens is 2. The molecule has 1 aromatic heterocycles. The molecular weight excluding hydrogens is 328 g/mol. The minimum atomic E-state index is -0.233. The van der Waals surface area contributed by atoms with Crippen LogP contribution in [-0.4, -0.2) is 22.0 Å². The molecule has 0 aliphatic rings. The molecule has 0 fully saturated rings. The van der Waals surface area contributed by atoms with Crippen molar-refractivity contribution in [1.82, 2.24) is 15.5 Å². The molecule has 1 heterocycles. The molecule has 2 amide bonds. The topological polar surface area (TPSA) is 86.9 Å². The Morgan fingerprint density at radius 3 is 2.54 bits per heavy atom. The second kappa shape index (κ2) is 8.11. The first-order valence-corrected chi connectivity index (χ1v) is 8.32. The van der Waals surface area contributed by atoms with Crippen molar-refractivity contribution >= 4 is 17.5 Å². The van der Waals surface area contributed by atoms with Crippen LogP contribution in [0.1, 0.15) is 27.2 Å². The molecule has 0 bridgehead atoms. The summed E-state index contributed by atoms with van der Waals surface area (Å²) >= 11 is 0. The zero-order valence-corrected chi connectivity index (χ0v) is 14.5. The molecule has 0 radical (unpaired) electrons. The quantitative estimate of drug-likeness (QED) is 0.640. The molecule has 3 aromatic rings. The highest BCUT2D eigenvalue weighted by Crippen LogP contribution is 2.16. The Kier molecular flexibility index (Phi) is 5.43. The maximum Gasteiger partial charge on any atom is 0.253 e. The summed E-state index contributed by atoms with van der Waals surface area (Å²) in [7, 11) is 0. The number of para-hydroxylation sites is 1. The van der Waals surface area contributed by atoms with Gasteiger partial charge in [-0.2, -0.15) is 5.10 Å². The van der Waals surface area contributed by atoms with Gasteiger partial charge in [-0.3, -0.25) is 14.7 Å². The van der Waals surface area contributed by atoms with Crippen LogP contribution >= 0.6 is 0 Å². The molecule has 6 nitrogen and oxygen atoms in total. The second-order valence-electron chi connectivity index (χ2n) is 6.02. The van der Waals surface area contributed by atoms with Crippen LogP contribution in [0.3, 0.4) is 0 Å². The van der Waals surface area contributed by atoms with Gasteiger partial charge in [0, 0.05) is 18.4 Å². The highest BCUT2D eigenvalue weighted by molar-refractivity contribution is 6.04. The fourth-order valence-electron chi connectivity index (χ4n) is 2.52. The van der Waals surface area contributed by atoms with Crippen molar-refractivity contribution in [2.24, 2.45) is 0 Å². The van der Waals surface area contributed by atoms with Crippen LogP contribution in [0.15, 0.2) is 60.8 Å². The fraction of sp³-hybridized carbons (Fsp3) is 0.150. The van der Waals surface area contributed by atoms with Gasteiger partial charge in [-0.05, 0) is 30.7 Å². The van der Waals surface area contributed by atoms with Gasteiger partial charge in [-0.25, -0.2) is 0 Å². The second-order valence-corrected chi connectivity index (χ2v) is 6.02. The van der Waals surface area contributed by atoms with E-state index in [1.165, 1.54) is 5.56 Å². The van der Waals surface area contributed by atoms with Crippen molar-refractivity contribution in [3.8, 4) is 0 Å². The smallest absolute Gasteiger partial charge is 0.253 e. The number of amides is 2. The van der Waals surface area contributed by atoms with Gasteiger partial charge in [-0.15, -0.1) is 0 Å². The standard InChI is InChI=1S/C20H20N4O2/c1-14-6-8-15(9-7-14)13-21-20(26)17-4-2-3-5-18(17)23-19(25)12-16-10-11-22-24-16/h2-11H,12-13H2,1H3,(H,21,26)(H,22,24)(H,23,25). The maximum absolute atomic E-state index is 12.5. The van der Waals surface area contributed by atoms with Crippen LogP contribution in [0.4, 0.5) is 5.69 Å². The molecule has 0 spiro atoms. The van der Waals surface area contributed by atoms with Gasteiger partial charge < -0.3 is 10.6 Å². The van der Waals surface area contributed by atoms with Gasteiger partial charge in [0.1, 0.15) is 0 Å². The minimum Gasteiger partial charge on any atom is -0.348 e. The number of aromatic amines is 1. The third-order valence-corrected chi connectivity index (χ3v) is 3.93. The summed E-state index contributed by atoms with van der Waals surface area (Å²) in [6, 6.07) is 16.7. The molecule has 0 unspecified atom stereocenters. The number of carbonyl (C=O) groups excluding carboxylic acids is 2. The summed E-state index contributed by atoms with van der Waals surface area (Å²) in [4.78, 5) is 24.7. The predicted octanol–water partition coefficient (Wildman–Crippen LogP) is 2.83. The molecule has 0 saturated carbocycles. The van der Waals surface area contributed by atoms with Crippen LogP contribution in [-0.2, 0) is 17.8 Å². The molecule has 0 aliphatic heterocycles. The minimum absolute atomic E-state index is 0.166. The van der Waals surface area contributed by atoms with Gasteiger partial charge in [0.2, 0.25) is 5.91 Å². The van der Waals surface area contributed by atoms with E-state index in [-0.39, 0.29) is 18.2 Å². The molecule has 6 heteroatoms. The summed E-state index contributed by atoms with van der Waals surface area (Å²) in [6.07, 6.45) is 1.76. The van der Waals surface area contributed by atoms with Gasteiger partial charge >= 0.3 is 0 Å². The molecule has 0 aliphatic carbocycles. The van der Waals surface area contributed by atoms with Crippen LogP contribution in [0, 0.1) is 6.92 Å². The molecule has 3 N–H and O–H groups in total. The van der Waals surface area contributed by atoms with Crippen molar-refractivity contribution in [2.75, 3.05) is 5.32 Å². The predicted molar refractivity (Wildman–Crippen MR) is 99.7 cm³/mol. The number of H-pyrrole nitrogens is 1. The maximum atomic E-state index is 12.5. The number of benzene rings is 2. The Morgan fingerprint density at radius 1 is 1.04 bits per heavy atom. The Hall–Kier alpha value is -3.41. The first-order chi connectivity index (χ1) is 12.6. The van der Waals surface area contributed by atoms with Crippen molar-refractivity contribution in [2.45, 2.75) is 19.9 Å². The summed E-state index contributed by atoms with van der Waals surface area (Å²) < 4.78 is 0. The highest BCUT2D eigenvalue weighted by Gasteiger charge is 2.13. The van der Waals surface area contributed by atoms with E-state index in [0.717, 1.165) is 5.56 Å². The Bertz CT molecular complexity index is 886. The summed E-state index contributed by atoms with van der Waals surface area (Å²) in [6.45, 7) is 2.44. The highest BCUT2D eigenvalue weighted by atomic mass is 16.2. The van der Waals surface area contributed by atoms with E-state index < -0.39 is 0 Å². The number of nitrogens with one attached hydrogen (secondary N) is 3. The Morgan fingerprint density at radius 2 is 1.81 bits per heavy atom. The molecule has 0 atom stereocenters. The molecular formula is C20H20N4O2. The fourth-order valence-corrected chi connectivity index (χ4v) is 2.52. The zero-order valence-electron chi connectivity index (χ0n) is 14.5. The largest absolute Gasteiger partial charge is 0.348 e. The van der Waals surface area contributed by atoms with E-state index in [4.69, 9.17) is 0 Å². The third-order valence-electron chi connectivity index (χ3n) is 3.93. The van der Waals surface area contributed by atoms with Crippen LogP contribution in [0.5, 0.6) is 0 Å². The number of anilines is 1. The average Bonchev–Trinajstić information content (AvgIpc) is 3.14. The van der Waals surface area contributed by atoms with Crippen LogP contribution < -0.4 is 10.6 Å². The summed E-state index contributed by atoms with van der Waals surface area (Å²) in [5.74, 6) is -0.448. The van der Waals surface area contributed by atoms with Crippen molar-refractivity contribution in [1.29, 1.82) is 0 Å². The van der Waals surface area contributed by atoms with Crippen LogP contribution in [0.25, 0.3) is 0 Å². The number of nitrogens with zero attached hydrogens (tertiary/aromatic N) is 1. The lowest BCUT2D eigenvalue weighted by molar-refractivity contribution is -0.115. The molecule has 0 saturated heterocycles. The van der Waals surface area contributed by atoms with Gasteiger partial charge in [0.05, 0.1) is 17.7 Å². The summed E-state index contributed by atoms with van der Waals surface area (Å²) in [5, 5.41) is 12.2. The number of hydrogen-bond donors (Lipinski definition) is 3. The van der Waals surface area contributed by atoms with Crippen LogP contribution in [0.2, 0.25) is 0 Å². The number of carbonyl (C=O) groups is 2. The lowest BCUT2D eigenvalue weighted by Gasteiger charge is -2.11. The Labute approximate surface area is 151 Å². The number of aryl methyl sites for hydroxylation is 1. The summed E-state index contributed by atoms with van der Waals surface area (Å²) in [5.41, 5.74) is 3.81. The van der Waals surface area contributed by atoms with Crippen molar-refractivity contribution < 1.29 is 9.59 Å². The molecule has 2 aromatic carbocycles. The first-order valence-electron chi connectivity index (χ1n) is 8.32. The molecule has 132 valence electrons. The third kappa shape index (κ3) is 4.57. The molecule has 26 heavy (non-hydrogen) atoms. The van der Waals surface area contributed by atoms with Gasteiger partial charge in [0.25, 0.3) is 5.91 Å². The van der Waals surface area contributed by atoms with Crippen molar-refractivity contribution in [3.05, 3.63) is 83.2 Å². The number of hydrogen-bond acceptors (Lipinski definition) is 3. The molecule has 3 rings (SSSR count). The zero-order chi connectivity index (χ0) is 18.4. The average molecular weight is 348 g/mol. The lowest BCUT2D eigenvalue weighted by atomic mass is 10.1. The first kappa shape index (κ1) is 17.4. The van der Waals surface area contributed by atoms with E-state index in [9.17, 15) is 9.59 Å².